The van der Waals surface area contributed by atoms with Crippen molar-refractivity contribution in [3.63, 3.8) is 0 Å². The van der Waals surface area contributed by atoms with E-state index < -0.39 is 17.5 Å². The highest BCUT2D eigenvalue weighted by molar-refractivity contribution is 7.15. The molecule has 0 amide bonds. The standard InChI is InChI=1S/C10H13NO4S/c1-10(2,3)15-8(12)6-5-11-7(16-6)9(13)14-4/h5H,1-4H3. The first-order chi connectivity index (χ1) is 7.33. The van der Waals surface area contributed by atoms with Crippen molar-refractivity contribution in [1.29, 1.82) is 0 Å². The lowest BCUT2D eigenvalue weighted by Gasteiger charge is -2.18. The van der Waals surface area contributed by atoms with Gasteiger partial charge in [0.25, 0.3) is 0 Å². The molecule has 0 saturated carbocycles. The zero-order chi connectivity index (χ0) is 12.3. The molecule has 0 spiro atoms. The molecule has 1 rings (SSSR count). The summed E-state index contributed by atoms with van der Waals surface area (Å²) in [6.45, 7) is 5.31. The summed E-state index contributed by atoms with van der Waals surface area (Å²) in [5.41, 5.74) is -0.563. The molecule has 0 aliphatic carbocycles. The minimum Gasteiger partial charge on any atom is -0.464 e. The fraction of sp³-hybridized carbons (Fsp3) is 0.500. The van der Waals surface area contributed by atoms with Gasteiger partial charge < -0.3 is 9.47 Å². The maximum Gasteiger partial charge on any atom is 0.367 e. The average molecular weight is 243 g/mol. The quantitative estimate of drug-likeness (QED) is 0.742. The summed E-state index contributed by atoms with van der Waals surface area (Å²) in [7, 11) is 1.26. The maximum atomic E-state index is 11.6. The number of thiazole rings is 1. The van der Waals surface area contributed by atoms with Gasteiger partial charge in [-0.2, -0.15) is 0 Å². The highest BCUT2D eigenvalue weighted by atomic mass is 32.1. The Kier molecular flexibility index (Phi) is 3.64. The van der Waals surface area contributed by atoms with Crippen molar-refractivity contribution in [2.45, 2.75) is 26.4 Å². The average Bonchev–Trinajstić information content (AvgIpc) is 2.62. The molecule has 0 saturated heterocycles. The Balaban J connectivity index is 2.78. The number of nitrogens with zero attached hydrogens (tertiary/aromatic N) is 1. The predicted molar refractivity (Wildman–Crippen MR) is 58.6 cm³/mol. The van der Waals surface area contributed by atoms with Crippen molar-refractivity contribution in [3.05, 3.63) is 16.1 Å². The molecule has 0 N–H and O–H groups in total. The number of methoxy groups -OCH3 is 1. The predicted octanol–water partition coefficient (Wildman–Crippen LogP) is 1.89. The molecule has 16 heavy (non-hydrogen) atoms. The van der Waals surface area contributed by atoms with E-state index in [-0.39, 0.29) is 9.88 Å². The Hall–Kier alpha value is -1.43. The van der Waals surface area contributed by atoms with Crippen LogP contribution in [0.15, 0.2) is 6.20 Å². The first-order valence-corrected chi connectivity index (χ1v) is 5.42. The minimum atomic E-state index is -0.563. The van der Waals surface area contributed by atoms with Gasteiger partial charge in [-0.15, -0.1) is 11.3 Å². The monoisotopic (exact) mass is 243 g/mol. The summed E-state index contributed by atoms with van der Waals surface area (Å²) in [5, 5.41) is 0.142. The van der Waals surface area contributed by atoms with Crippen molar-refractivity contribution in [1.82, 2.24) is 4.98 Å². The van der Waals surface area contributed by atoms with E-state index in [0.717, 1.165) is 11.3 Å². The second-order valence-corrected chi connectivity index (χ2v) is 5.05. The van der Waals surface area contributed by atoms with Crippen LogP contribution in [0.5, 0.6) is 0 Å². The molecule has 5 nitrogen and oxygen atoms in total. The summed E-state index contributed by atoms with van der Waals surface area (Å²) in [6.07, 6.45) is 1.31. The van der Waals surface area contributed by atoms with Gasteiger partial charge in [-0.3, -0.25) is 0 Å². The third-order valence-electron chi connectivity index (χ3n) is 1.47. The van der Waals surface area contributed by atoms with Crippen molar-refractivity contribution >= 4 is 23.3 Å². The minimum absolute atomic E-state index is 0.142. The van der Waals surface area contributed by atoms with Gasteiger partial charge >= 0.3 is 11.9 Å². The zero-order valence-corrected chi connectivity index (χ0v) is 10.4. The molecule has 0 aromatic carbocycles. The van der Waals surface area contributed by atoms with Crippen LogP contribution in [0.1, 0.15) is 40.2 Å². The van der Waals surface area contributed by atoms with E-state index in [1.54, 1.807) is 20.8 Å². The van der Waals surface area contributed by atoms with Crippen molar-refractivity contribution in [3.8, 4) is 0 Å². The summed E-state index contributed by atoms with van der Waals surface area (Å²) in [5.74, 6) is -1.04. The Morgan fingerprint density at radius 3 is 2.44 bits per heavy atom. The smallest absolute Gasteiger partial charge is 0.367 e. The van der Waals surface area contributed by atoms with Gasteiger partial charge in [0.1, 0.15) is 10.5 Å². The lowest BCUT2D eigenvalue weighted by atomic mass is 10.2. The number of hydrogen-bond acceptors (Lipinski definition) is 6. The Morgan fingerprint density at radius 1 is 1.31 bits per heavy atom. The molecule has 1 aromatic heterocycles. The highest BCUT2D eigenvalue weighted by Gasteiger charge is 2.21. The van der Waals surface area contributed by atoms with Gasteiger partial charge in [-0.1, -0.05) is 0 Å². The lowest BCUT2D eigenvalue weighted by Crippen LogP contribution is -2.23. The Bertz CT molecular complexity index is 405. The van der Waals surface area contributed by atoms with Crippen molar-refractivity contribution < 1.29 is 19.1 Å². The molecule has 0 fully saturated rings. The number of hydrogen-bond donors (Lipinski definition) is 0. The lowest BCUT2D eigenvalue weighted by molar-refractivity contribution is 0.00748. The molecule has 1 aromatic rings. The number of esters is 2. The largest absolute Gasteiger partial charge is 0.464 e. The van der Waals surface area contributed by atoms with Crippen LogP contribution in [0.25, 0.3) is 0 Å². The number of carbonyl (C=O) groups excluding carboxylic acids is 2. The SMILES string of the molecule is COC(=O)c1ncc(C(=O)OC(C)(C)C)s1. The number of aromatic nitrogens is 1. The summed E-state index contributed by atoms with van der Waals surface area (Å²) in [6, 6.07) is 0. The Morgan fingerprint density at radius 2 is 1.94 bits per heavy atom. The van der Waals surface area contributed by atoms with Gasteiger partial charge in [0, 0.05) is 0 Å². The van der Waals surface area contributed by atoms with Crippen molar-refractivity contribution in [2.24, 2.45) is 0 Å². The molecule has 0 radical (unpaired) electrons. The highest BCUT2D eigenvalue weighted by Crippen LogP contribution is 2.18. The Labute approximate surface area is 97.4 Å². The van der Waals surface area contributed by atoms with E-state index in [4.69, 9.17) is 4.74 Å². The fourth-order valence-corrected chi connectivity index (χ4v) is 1.59. The molecule has 6 heteroatoms. The molecule has 0 aliphatic heterocycles. The normalized spacial score (nSPS) is 11.0. The van der Waals surface area contributed by atoms with Gasteiger partial charge in [0.15, 0.2) is 0 Å². The second kappa shape index (κ2) is 4.61. The van der Waals surface area contributed by atoms with Crippen LogP contribution in [-0.2, 0) is 9.47 Å². The molecular formula is C10H13NO4S. The fourth-order valence-electron chi connectivity index (χ4n) is 0.879. The third kappa shape index (κ3) is 3.30. The first kappa shape index (κ1) is 12.6. The first-order valence-electron chi connectivity index (χ1n) is 4.61. The van der Waals surface area contributed by atoms with Crippen LogP contribution in [0.3, 0.4) is 0 Å². The topological polar surface area (TPSA) is 65.5 Å². The van der Waals surface area contributed by atoms with E-state index in [1.165, 1.54) is 13.3 Å². The third-order valence-corrected chi connectivity index (χ3v) is 2.42. The van der Waals surface area contributed by atoms with E-state index in [9.17, 15) is 9.59 Å². The second-order valence-electron chi connectivity index (χ2n) is 4.02. The number of carbonyl (C=O) groups is 2. The van der Waals surface area contributed by atoms with Crippen LogP contribution in [0, 0.1) is 0 Å². The number of rotatable bonds is 2. The van der Waals surface area contributed by atoms with Crippen LogP contribution in [-0.4, -0.2) is 29.6 Å². The van der Waals surface area contributed by atoms with Gasteiger partial charge in [0.2, 0.25) is 5.01 Å². The molecule has 1 heterocycles. The van der Waals surface area contributed by atoms with E-state index in [0.29, 0.717) is 0 Å². The van der Waals surface area contributed by atoms with Crippen molar-refractivity contribution in [2.75, 3.05) is 7.11 Å². The van der Waals surface area contributed by atoms with Crippen LogP contribution in [0.4, 0.5) is 0 Å². The van der Waals surface area contributed by atoms with Crippen LogP contribution >= 0.6 is 11.3 Å². The maximum absolute atomic E-state index is 11.6. The van der Waals surface area contributed by atoms with Gasteiger partial charge in [-0.25, -0.2) is 14.6 Å². The zero-order valence-electron chi connectivity index (χ0n) is 9.57. The molecular weight excluding hydrogens is 230 g/mol. The molecule has 0 aliphatic rings. The summed E-state index contributed by atoms with van der Waals surface area (Å²) in [4.78, 5) is 26.8. The summed E-state index contributed by atoms with van der Waals surface area (Å²) >= 11 is 0.954. The molecule has 0 bridgehead atoms. The van der Waals surface area contributed by atoms with Crippen LogP contribution < -0.4 is 0 Å². The summed E-state index contributed by atoms with van der Waals surface area (Å²) < 4.78 is 9.62. The van der Waals surface area contributed by atoms with E-state index in [2.05, 4.69) is 9.72 Å². The van der Waals surface area contributed by atoms with Gasteiger partial charge in [0.05, 0.1) is 13.3 Å². The molecule has 88 valence electrons. The van der Waals surface area contributed by atoms with Crippen LogP contribution in [0.2, 0.25) is 0 Å². The van der Waals surface area contributed by atoms with E-state index in [1.807, 2.05) is 0 Å². The molecule has 0 atom stereocenters. The van der Waals surface area contributed by atoms with Gasteiger partial charge in [-0.05, 0) is 20.8 Å². The number of ether oxygens (including phenoxy) is 2. The molecule has 0 unspecified atom stereocenters. The van der Waals surface area contributed by atoms with E-state index >= 15 is 0 Å².